The van der Waals surface area contributed by atoms with Gasteiger partial charge in [0, 0.05) is 30.2 Å². The Balaban J connectivity index is 2.45. The molecule has 0 bridgehead atoms. The van der Waals surface area contributed by atoms with Gasteiger partial charge in [-0.2, -0.15) is 0 Å². The van der Waals surface area contributed by atoms with Crippen LogP contribution in [0.2, 0.25) is 0 Å². The number of aromatic nitrogens is 2. The van der Waals surface area contributed by atoms with Crippen LogP contribution in [-0.4, -0.2) is 26.3 Å². The fourth-order valence-corrected chi connectivity index (χ4v) is 1.96. The predicted molar refractivity (Wildman–Crippen MR) is 73.8 cm³/mol. The fraction of sp³-hybridized carbons (Fsp3) is 0.286. The van der Waals surface area contributed by atoms with Crippen LogP contribution in [-0.2, 0) is 0 Å². The van der Waals surface area contributed by atoms with Crippen LogP contribution in [0, 0.1) is 0 Å². The van der Waals surface area contributed by atoms with Gasteiger partial charge in [0.25, 0.3) is 0 Å². The van der Waals surface area contributed by atoms with E-state index in [0.717, 1.165) is 0 Å². The van der Waals surface area contributed by atoms with Crippen LogP contribution in [0.5, 0.6) is 0 Å². The van der Waals surface area contributed by atoms with E-state index in [-0.39, 0.29) is 0 Å². The number of pyridine rings is 1. The summed E-state index contributed by atoms with van der Waals surface area (Å²) in [5.74, 6) is 0.693. The standard InChI is InChI=1S/C14H17N3O2/c1-14(2,3)17(13(18)19)11-6-7-15-12(10-11)16-8-4-5-9-16/h4-10H,1-3H3,(H,18,19). The van der Waals surface area contributed by atoms with Crippen LogP contribution < -0.4 is 4.90 Å². The molecule has 0 aliphatic heterocycles. The highest BCUT2D eigenvalue weighted by atomic mass is 16.4. The van der Waals surface area contributed by atoms with E-state index >= 15 is 0 Å². The van der Waals surface area contributed by atoms with Gasteiger partial charge >= 0.3 is 6.09 Å². The van der Waals surface area contributed by atoms with E-state index in [1.54, 1.807) is 18.3 Å². The summed E-state index contributed by atoms with van der Waals surface area (Å²) in [6.45, 7) is 5.57. The normalized spacial score (nSPS) is 11.3. The van der Waals surface area contributed by atoms with Gasteiger partial charge in [-0.05, 0) is 39.0 Å². The van der Waals surface area contributed by atoms with Gasteiger partial charge in [0.2, 0.25) is 0 Å². The SMILES string of the molecule is CC(C)(C)N(C(=O)O)c1ccnc(-n2cccc2)c1. The summed E-state index contributed by atoms with van der Waals surface area (Å²) in [5.41, 5.74) is 0.0972. The number of carboxylic acid groups (broad SMARTS) is 1. The van der Waals surface area contributed by atoms with Gasteiger partial charge in [0.05, 0.1) is 5.69 Å². The third kappa shape index (κ3) is 2.76. The van der Waals surface area contributed by atoms with Crippen molar-refractivity contribution in [2.75, 3.05) is 4.90 Å². The minimum Gasteiger partial charge on any atom is -0.465 e. The van der Waals surface area contributed by atoms with Gasteiger partial charge in [-0.1, -0.05) is 0 Å². The second kappa shape index (κ2) is 4.76. The van der Waals surface area contributed by atoms with Crippen molar-refractivity contribution in [3.8, 4) is 5.82 Å². The molecule has 0 aromatic carbocycles. The molecule has 0 spiro atoms. The Kier molecular flexibility index (Phi) is 3.29. The van der Waals surface area contributed by atoms with Gasteiger partial charge in [0.15, 0.2) is 0 Å². The highest BCUT2D eigenvalue weighted by Gasteiger charge is 2.28. The van der Waals surface area contributed by atoms with E-state index in [1.807, 2.05) is 49.9 Å². The van der Waals surface area contributed by atoms with Crippen LogP contribution in [0.4, 0.5) is 10.5 Å². The highest BCUT2D eigenvalue weighted by molar-refractivity contribution is 5.87. The van der Waals surface area contributed by atoms with Crippen molar-refractivity contribution in [1.29, 1.82) is 0 Å². The summed E-state index contributed by atoms with van der Waals surface area (Å²) >= 11 is 0. The van der Waals surface area contributed by atoms with Gasteiger partial charge < -0.3 is 9.67 Å². The van der Waals surface area contributed by atoms with Crippen molar-refractivity contribution < 1.29 is 9.90 Å². The average Bonchev–Trinajstić information content (AvgIpc) is 2.80. The first kappa shape index (κ1) is 13.1. The van der Waals surface area contributed by atoms with E-state index in [4.69, 9.17) is 0 Å². The molecule has 0 aliphatic rings. The summed E-state index contributed by atoms with van der Waals surface area (Å²) in [5, 5.41) is 9.38. The first-order valence-electron chi connectivity index (χ1n) is 6.02. The molecule has 0 saturated carbocycles. The lowest BCUT2D eigenvalue weighted by Gasteiger charge is -2.33. The monoisotopic (exact) mass is 259 g/mol. The lowest BCUT2D eigenvalue weighted by molar-refractivity contribution is 0.195. The van der Waals surface area contributed by atoms with Gasteiger partial charge in [0.1, 0.15) is 5.82 Å². The van der Waals surface area contributed by atoms with Crippen molar-refractivity contribution in [3.63, 3.8) is 0 Å². The number of hydrogen-bond acceptors (Lipinski definition) is 2. The molecule has 1 N–H and O–H groups in total. The Hall–Kier alpha value is -2.30. The topological polar surface area (TPSA) is 58.4 Å². The van der Waals surface area contributed by atoms with Crippen molar-refractivity contribution in [2.45, 2.75) is 26.3 Å². The van der Waals surface area contributed by atoms with E-state index < -0.39 is 11.6 Å². The van der Waals surface area contributed by atoms with Crippen molar-refractivity contribution >= 4 is 11.8 Å². The Morgan fingerprint density at radius 2 is 1.95 bits per heavy atom. The summed E-state index contributed by atoms with van der Waals surface area (Å²) in [4.78, 5) is 17.0. The summed E-state index contributed by atoms with van der Waals surface area (Å²) in [6, 6.07) is 7.26. The predicted octanol–water partition coefficient (Wildman–Crippen LogP) is 3.16. The van der Waals surface area contributed by atoms with Crippen LogP contribution in [0.25, 0.3) is 5.82 Å². The van der Waals surface area contributed by atoms with Crippen LogP contribution >= 0.6 is 0 Å². The highest BCUT2D eigenvalue weighted by Crippen LogP contribution is 2.25. The van der Waals surface area contributed by atoms with E-state index in [9.17, 15) is 9.90 Å². The minimum atomic E-state index is -0.975. The molecule has 0 atom stereocenters. The molecule has 0 unspecified atom stereocenters. The molecule has 5 nitrogen and oxygen atoms in total. The molecule has 2 aromatic rings. The Morgan fingerprint density at radius 1 is 1.32 bits per heavy atom. The summed E-state index contributed by atoms with van der Waals surface area (Å²) < 4.78 is 1.84. The van der Waals surface area contributed by atoms with Gasteiger partial charge in [-0.15, -0.1) is 0 Å². The number of hydrogen-bond donors (Lipinski definition) is 1. The molecule has 2 rings (SSSR count). The van der Waals surface area contributed by atoms with Crippen LogP contribution in [0.15, 0.2) is 42.9 Å². The largest absolute Gasteiger partial charge is 0.465 e. The van der Waals surface area contributed by atoms with Crippen molar-refractivity contribution in [2.24, 2.45) is 0 Å². The maximum absolute atomic E-state index is 11.4. The third-order valence-corrected chi connectivity index (χ3v) is 2.72. The lowest BCUT2D eigenvalue weighted by atomic mass is 10.1. The number of rotatable bonds is 2. The maximum Gasteiger partial charge on any atom is 0.412 e. The van der Waals surface area contributed by atoms with E-state index in [0.29, 0.717) is 11.5 Å². The summed E-state index contributed by atoms with van der Waals surface area (Å²) in [6.07, 6.45) is 4.38. The van der Waals surface area contributed by atoms with Crippen molar-refractivity contribution in [1.82, 2.24) is 9.55 Å². The molecule has 19 heavy (non-hydrogen) atoms. The zero-order valence-corrected chi connectivity index (χ0v) is 11.2. The van der Waals surface area contributed by atoms with Crippen LogP contribution in [0.3, 0.4) is 0 Å². The van der Waals surface area contributed by atoms with Gasteiger partial charge in [-0.3, -0.25) is 4.90 Å². The smallest absolute Gasteiger partial charge is 0.412 e. The third-order valence-electron chi connectivity index (χ3n) is 2.72. The molecule has 0 aliphatic carbocycles. The molecular weight excluding hydrogens is 242 g/mol. The first-order valence-corrected chi connectivity index (χ1v) is 6.02. The second-order valence-electron chi connectivity index (χ2n) is 5.25. The Bertz CT molecular complexity index is 571. The number of amides is 1. The maximum atomic E-state index is 11.4. The zero-order chi connectivity index (χ0) is 14.0. The quantitative estimate of drug-likeness (QED) is 0.901. The van der Waals surface area contributed by atoms with E-state index in [2.05, 4.69) is 4.98 Å². The fourth-order valence-electron chi connectivity index (χ4n) is 1.96. The zero-order valence-electron chi connectivity index (χ0n) is 11.2. The molecule has 0 saturated heterocycles. The Morgan fingerprint density at radius 3 is 2.47 bits per heavy atom. The summed E-state index contributed by atoms with van der Waals surface area (Å²) in [7, 11) is 0. The molecule has 100 valence electrons. The Labute approximate surface area is 112 Å². The number of anilines is 1. The van der Waals surface area contributed by atoms with Gasteiger partial charge in [-0.25, -0.2) is 9.78 Å². The first-order chi connectivity index (χ1) is 8.89. The molecule has 5 heteroatoms. The molecule has 2 heterocycles. The second-order valence-corrected chi connectivity index (χ2v) is 5.25. The molecule has 1 amide bonds. The van der Waals surface area contributed by atoms with E-state index in [1.165, 1.54) is 4.90 Å². The number of carbonyl (C=O) groups is 1. The average molecular weight is 259 g/mol. The number of nitrogens with zero attached hydrogens (tertiary/aromatic N) is 3. The van der Waals surface area contributed by atoms with Crippen LogP contribution in [0.1, 0.15) is 20.8 Å². The van der Waals surface area contributed by atoms with Crippen molar-refractivity contribution in [3.05, 3.63) is 42.9 Å². The molecule has 0 fully saturated rings. The minimum absolute atomic E-state index is 0.513. The lowest BCUT2D eigenvalue weighted by Crippen LogP contribution is -2.45. The molecule has 2 aromatic heterocycles. The molecule has 0 radical (unpaired) electrons. The molecular formula is C14H17N3O2.